The highest BCUT2D eigenvalue weighted by Crippen LogP contribution is 2.36. The van der Waals surface area contributed by atoms with Crippen molar-refractivity contribution in [3.63, 3.8) is 0 Å². The summed E-state index contributed by atoms with van der Waals surface area (Å²) in [4.78, 5) is 0. The van der Waals surface area contributed by atoms with Gasteiger partial charge in [0.05, 0.1) is 11.4 Å². The second-order valence-corrected chi connectivity index (χ2v) is 2.43. The summed E-state index contributed by atoms with van der Waals surface area (Å²) < 4.78 is 0. The van der Waals surface area contributed by atoms with Crippen LogP contribution in [0.15, 0.2) is 33.8 Å². The van der Waals surface area contributed by atoms with E-state index >= 15 is 0 Å². The molecule has 0 amide bonds. The van der Waals surface area contributed by atoms with Crippen molar-refractivity contribution in [1.29, 1.82) is 0 Å². The van der Waals surface area contributed by atoms with Gasteiger partial charge in [0.1, 0.15) is 0 Å². The third-order valence-corrected chi connectivity index (χ3v) is 1.83. The van der Waals surface area contributed by atoms with E-state index < -0.39 is 0 Å². The maximum absolute atomic E-state index is 3.98. The molecular formula is C7H8N2. The smallest absolute Gasteiger partial charge is 0.0836 e. The number of rotatable bonds is 0. The molecule has 0 atom stereocenters. The van der Waals surface area contributed by atoms with Gasteiger partial charge in [0.2, 0.25) is 0 Å². The van der Waals surface area contributed by atoms with Crippen LogP contribution in [0, 0.1) is 0 Å². The highest BCUT2D eigenvalue weighted by Gasteiger charge is 2.20. The Hall–Kier alpha value is -0.920. The Labute approximate surface area is 54.0 Å². The topological polar surface area (TPSA) is 24.7 Å². The molecule has 0 unspecified atom stereocenters. The lowest BCUT2D eigenvalue weighted by Crippen LogP contribution is -1.74. The Morgan fingerprint density at radius 2 is 2.11 bits per heavy atom. The summed E-state index contributed by atoms with van der Waals surface area (Å²) in [5, 5.41) is 7.86. The fraction of sp³-hybridized carbons (Fsp3) is 0.429. The fourth-order valence-electron chi connectivity index (χ4n) is 1.33. The summed E-state index contributed by atoms with van der Waals surface area (Å²) in [6, 6.07) is 0. The normalized spacial score (nSPS) is 23.8. The van der Waals surface area contributed by atoms with Crippen molar-refractivity contribution in [1.82, 2.24) is 0 Å². The number of nitrogens with zero attached hydrogens (tertiary/aromatic N) is 2. The lowest BCUT2D eigenvalue weighted by molar-refractivity contribution is 0.863. The standard InChI is InChI=1S/C7H8N2/c1-5-6-3-2-4-7(6)9-8-5/h1-4H2. The van der Waals surface area contributed by atoms with Gasteiger partial charge in [-0.3, -0.25) is 0 Å². The van der Waals surface area contributed by atoms with Crippen molar-refractivity contribution in [2.75, 3.05) is 0 Å². The Balaban J connectivity index is 2.44. The minimum atomic E-state index is 0.891. The van der Waals surface area contributed by atoms with Crippen molar-refractivity contribution < 1.29 is 0 Å². The molecule has 1 aliphatic carbocycles. The van der Waals surface area contributed by atoms with E-state index in [1.54, 1.807) is 0 Å². The molecule has 2 aliphatic rings. The maximum Gasteiger partial charge on any atom is 0.0836 e. The zero-order valence-corrected chi connectivity index (χ0v) is 5.22. The van der Waals surface area contributed by atoms with E-state index in [9.17, 15) is 0 Å². The number of hydrogen-bond donors (Lipinski definition) is 0. The molecule has 0 spiro atoms. The molecule has 2 heteroatoms. The molecule has 2 nitrogen and oxygen atoms in total. The molecule has 0 saturated carbocycles. The first-order valence-corrected chi connectivity index (χ1v) is 3.21. The molecule has 1 aliphatic heterocycles. The Morgan fingerprint density at radius 3 is 2.89 bits per heavy atom. The lowest BCUT2D eigenvalue weighted by Gasteiger charge is -1.89. The van der Waals surface area contributed by atoms with Crippen LogP contribution in [0.25, 0.3) is 0 Å². The zero-order valence-electron chi connectivity index (χ0n) is 5.22. The number of allylic oxidation sites excluding steroid dienone is 2. The van der Waals surface area contributed by atoms with Crippen LogP contribution < -0.4 is 0 Å². The number of hydrogen-bond acceptors (Lipinski definition) is 2. The average Bonchev–Trinajstić information content (AvgIpc) is 2.35. The van der Waals surface area contributed by atoms with Crippen molar-refractivity contribution in [2.45, 2.75) is 19.3 Å². The van der Waals surface area contributed by atoms with E-state index in [4.69, 9.17) is 0 Å². The second kappa shape index (κ2) is 1.53. The van der Waals surface area contributed by atoms with Crippen LogP contribution >= 0.6 is 0 Å². The monoisotopic (exact) mass is 120 g/mol. The van der Waals surface area contributed by atoms with E-state index in [1.807, 2.05) is 0 Å². The predicted molar refractivity (Wildman–Crippen MR) is 34.9 cm³/mol. The van der Waals surface area contributed by atoms with Crippen LogP contribution in [0.3, 0.4) is 0 Å². The first kappa shape index (κ1) is 4.91. The molecule has 2 rings (SSSR count). The van der Waals surface area contributed by atoms with E-state index in [1.165, 1.54) is 17.7 Å². The lowest BCUT2D eigenvalue weighted by atomic mass is 10.2. The number of azo groups is 1. The molecule has 0 radical (unpaired) electrons. The summed E-state index contributed by atoms with van der Waals surface area (Å²) in [6.45, 7) is 3.78. The van der Waals surface area contributed by atoms with Crippen LogP contribution in [0.1, 0.15) is 19.3 Å². The molecule has 0 aromatic rings. The van der Waals surface area contributed by atoms with Crippen LogP contribution in [0.4, 0.5) is 0 Å². The molecule has 0 bridgehead atoms. The van der Waals surface area contributed by atoms with Crippen LogP contribution in [-0.4, -0.2) is 0 Å². The average molecular weight is 120 g/mol. The first-order chi connectivity index (χ1) is 4.38. The van der Waals surface area contributed by atoms with Crippen molar-refractivity contribution in [3.8, 4) is 0 Å². The van der Waals surface area contributed by atoms with Crippen LogP contribution in [0.2, 0.25) is 0 Å². The van der Waals surface area contributed by atoms with Gasteiger partial charge in [0, 0.05) is 5.57 Å². The van der Waals surface area contributed by atoms with Crippen LogP contribution in [-0.2, 0) is 0 Å². The minimum absolute atomic E-state index is 0.891. The Kier molecular flexibility index (Phi) is 0.835. The summed E-state index contributed by atoms with van der Waals surface area (Å²) in [5.41, 5.74) is 3.37. The fourth-order valence-corrected chi connectivity index (χ4v) is 1.33. The van der Waals surface area contributed by atoms with Gasteiger partial charge < -0.3 is 0 Å². The summed E-state index contributed by atoms with van der Waals surface area (Å²) in [6.07, 6.45) is 3.49. The quantitative estimate of drug-likeness (QED) is 0.469. The predicted octanol–water partition coefficient (Wildman–Crippen LogP) is 2.40. The van der Waals surface area contributed by atoms with E-state index in [0.717, 1.165) is 18.5 Å². The molecule has 0 saturated heterocycles. The minimum Gasteiger partial charge on any atom is -0.155 e. The van der Waals surface area contributed by atoms with Crippen LogP contribution in [0.5, 0.6) is 0 Å². The van der Waals surface area contributed by atoms with E-state index in [0.29, 0.717) is 0 Å². The van der Waals surface area contributed by atoms with Gasteiger partial charge in [-0.05, 0) is 19.3 Å². The molecule has 46 valence electrons. The van der Waals surface area contributed by atoms with Crippen molar-refractivity contribution in [2.24, 2.45) is 10.2 Å². The highest BCUT2D eigenvalue weighted by molar-refractivity contribution is 5.38. The molecule has 0 aromatic heterocycles. The molecule has 0 fully saturated rings. The molecule has 1 heterocycles. The van der Waals surface area contributed by atoms with E-state index in [2.05, 4.69) is 16.8 Å². The maximum atomic E-state index is 3.98. The summed E-state index contributed by atoms with van der Waals surface area (Å²) in [5.74, 6) is 0. The Morgan fingerprint density at radius 1 is 1.22 bits per heavy atom. The van der Waals surface area contributed by atoms with Gasteiger partial charge in [-0.1, -0.05) is 6.58 Å². The van der Waals surface area contributed by atoms with Gasteiger partial charge in [0.15, 0.2) is 0 Å². The highest BCUT2D eigenvalue weighted by atomic mass is 15.1. The first-order valence-electron chi connectivity index (χ1n) is 3.21. The summed E-state index contributed by atoms with van der Waals surface area (Å²) in [7, 11) is 0. The molecule has 0 aromatic carbocycles. The summed E-state index contributed by atoms with van der Waals surface area (Å²) >= 11 is 0. The third-order valence-electron chi connectivity index (χ3n) is 1.83. The zero-order chi connectivity index (χ0) is 6.27. The van der Waals surface area contributed by atoms with E-state index in [-0.39, 0.29) is 0 Å². The SMILES string of the molecule is C=C1N=NC2=C1CCC2. The molecular weight excluding hydrogens is 112 g/mol. The largest absolute Gasteiger partial charge is 0.155 e. The van der Waals surface area contributed by atoms with Gasteiger partial charge in [-0.15, -0.1) is 0 Å². The van der Waals surface area contributed by atoms with Gasteiger partial charge in [-0.25, -0.2) is 0 Å². The molecule has 0 N–H and O–H groups in total. The third kappa shape index (κ3) is 0.559. The van der Waals surface area contributed by atoms with Gasteiger partial charge in [-0.2, -0.15) is 10.2 Å². The van der Waals surface area contributed by atoms with Gasteiger partial charge >= 0.3 is 0 Å². The van der Waals surface area contributed by atoms with Gasteiger partial charge in [0.25, 0.3) is 0 Å². The Bertz CT molecular complexity index is 217. The van der Waals surface area contributed by atoms with Crippen molar-refractivity contribution in [3.05, 3.63) is 23.5 Å². The van der Waals surface area contributed by atoms with Crippen molar-refractivity contribution >= 4 is 0 Å². The second-order valence-electron chi connectivity index (χ2n) is 2.43. The molecule has 9 heavy (non-hydrogen) atoms.